The van der Waals surface area contributed by atoms with Crippen molar-refractivity contribution in [3.8, 4) is 5.75 Å². The molecule has 0 aliphatic carbocycles. The molecule has 3 N–H and O–H groups in total. The van der Waals surface area contributed by atoms with Gasteiger partial charge in [-0.3, -0.25) is 0 Å². The lowest BCUT2D eigenvalue weighted by Crippen LogP contribution is -2.33. The normalized spacial score (nSPS) is 12.4. The van der Waals surface area contributed by atoms with Crippen LogP contribution in [0.4, 0.5) is 17.6 Å². The summed E-state index contributed by atoms with van der Waals surface area (Å²) in [7, 11) is -3.72. The van der Waals surface area contributed by atoms with Crippen LogP contribution >= 0.6 is 0 Å². The van der Waals surface area contributed by atoms with Gasteiger partial charge in [0.2, 0.25) is 10.0 Å². The molecule has 0 radical (unpaired) electrons. The van der Waals surface area contributed by atoms with Crippen LogP contribution in [-0.4, -0.2) is 33.9 Å². The van der Waals surface area contributed by atoms with Gasteiger partial charge in [-0.2, -0.15) is 8.78 Å². The molecule has 0 unspecified atom stereocenters. The number of alkyl halides is 4. The number of rotatable bonds is 10. The van der Waals surface area contributed by atoms with E-state index in [0.29, 0.717) is 19.5 Å². The number of ether oxygens (including phenoxy) is 1. The Morgan fingerprint density at radius 3 is 2.36 bits per heavy atom. The molecule has 0 amide bonds. The number of hydrogen-bond acceptors (Lipinski definition) is 4. The average molecular weight is 420 g/mol. The summed E-state index contributed by atoms with van der Waals surface area (Å²) in [6.45, 7) is -0.406. The van der Waals surface area contributed by atoms with E-state index in [0.717, 1.165) is 11.1 Å². The Morgan fingerprint density at radius 2 is 1.75 bits per heavy atom. The lowest BCUT2D eigenvalue weighted by Gasteiger charge is -2.16. The summed E-state index contributed by atoms with van der Waals surface area (Å²) in [4.78, 5) is 0.0402. The van der Waals surface area contributed by atoms with Crippen molar-refractivity contribution in [1.82, 2.24) is 5.32 Å². The molecule has 0 saturated heterocycles. The quantitative estimate of drug-likeness (QED) is 0.458. The van der Waals surface area contributed by atoms with Gasteiger partial charge in [0.25, 0.3) is 0 Å². The molecule has 2 aromatic carbocycles. The molecule has 0 heterocycles. The Labute approximate surface area is 160 Å². The van der Waals surface area contributed by atoms with Crippen LogP contribution in [0, 0.1) is 0 Å². The third-order valence-corrected chi connectivity index (χ3v) is 4.75. The maximum absolute atomic E-state index is 12.9. The van der Waals surface area contributed by atoms with Crippen molar-refractivity contribution >= 4 is 10.0 Å². The molecule has 5 nitrogen and oxygen atoms in total. The summed E-state index contributed by atoms with van der Waals surface area (Å²) >= 11 is 0. The Kier molecular flexibility index (Phi) is 7.39. The minimum absolute atomic E-state index is 0.0402. The number of nitrogens with two attached hydrogens (primary N) is 1. The van der Waals surface area contributed by atoms with Crippen LogP contribution in [0.3, 0.4) is 0 Å². The summed E-state index contributed by atoms with van der Waals surface area (Å²) in [5.41, 5.74) is 1.65. The van der Waals surface area contributed by atoms with E-state index in [1.165, 1.54) is 24.3 Å². The molecular formula is C18H20F4N2O3S. The van der Waals surface area contributed by atoms with E-state index in [4.69, 9.17) is 9.88 Å². The fourth-order valence-electron chi connectivity index (χ4n) is 2.30. The predicted molar refractivity (Wildman–Crippen MR) is 96.1 cm³/mol. The first-order valence-electron chi connectivity index (χ1n) is 8.28. The molecule has 0 bridgehead atoms. The fraction of sp³-hybridized carbons (Fsp3) is 0.333. The molecular weight excluding hydrogens is 400 g/mol. The van der Waals surface area contributed by atoms with Crippen LogP contribution in [0.2, 0.25) is 0 Å². The van der Waals surface area contributed by atoms with Gasteiger partial charge in [-0.15, -0.1) is 0 Å². The fourth-order valence-corrected chi connectivity index (χ4v) is 2.81. The molecule has 0 aliphatic rings. The average Bonchev–Trinajstić information content (AvgIpc) is 2.63. The summed E-state index contributed by atoms with van der Waals surface area (Å²) in [6, 6.07) is 12.4. The molecule has 10 heteroatoms. The van der Waals surface area contributed by atoms with Crippen LogP contribution in [0.1, 0.15) is 11.1 Å². The highest BCUT2D eigenvalue weighted by Crippen LogP contribution is 2.24. The van der Waals surface area contributed by atoms with E-state index in [9.17, 15) is 26.0 Å². The molecule has 0 aliphatic heterocycles. The van der Waals surface area contributed by atoms with Crippen molar-refractivity contribution in [2.75, 3.05) is 13.2 Å². The zero-order valence-electron chi connectivity index (χ0n) is 14.7. The highest BCUT2D eigenvalue weighted by molar-refractivity contribution is 7.89. The topological polar surface area (TPSA) is 81.4 Å². The molecule has 0 atom stereocenters. The van der Waals surface area contributed by atoms with Crippen LogP contribution in [0.25, 0.3) is 0 Å². The molecule has 0 spiro atoms. The van der Waals surface area contributed by atoms with Gasteiger partial charge in [-0.05, 0) is 48.4 Å². The molecule has 28 heavy (non-hydrogen) atoms. The van der Waals surface area contributed by atoms with Crippen molar-refractivity contribution in [3.63, 3.8) is 0 Å². The number of nitrogens with one attached hydrogen (secondary N) is 1. The second kappa shape index (κ2) is 9.35. The summed E-state index contributed by atoms with van der Waals surface area (Å²) in [6.07, 6.45) is -3.15. The van der Waals surface area contributed by atoms with Crippen LogP contribution in [0.5, 0.6) is 5.75 Å². The van der Waals surface area contributed by atoms with E-state index < -0.39 is 29.0 Å². The van der Waals surface area contributed by atoms with E-state index in [1.54, 1.807) is 24.3 Å². The van der Waals surface area contributed by atoms with E-state index in [2.05, 4.69) is 5.32 Å². The van der Waals surface area contributed by atoms with E-state index in [-0.39, 0.29) is 10.6 Å². The molecule has 154 valence electrons. The first kappa shape index (κ1) is 22.1. The number of halogens is 4. The summed E-state index contributed by atoms with van der Waals surface area (Å²) < 4.78 is 77.3. The highest BCUT2D eigenvalue weighted by atomic mass is 32.2. The lowest BCUT2D eigenvalue weighted by atomic mass is 10.1. The smallest absolute Gasteiger partial charge is 0.340 e. The number of sulfonamides is 1. The maximum Gasteiger partial charge on any atom is 0.340 e. The SMILES string of the molecule is NS(=O)(=O)c1ccc(CCNCc2cccc(OCC(F)(F)C(F)F)c2)cc1. The number of primary sulfonamides is 1. The highest BCUT2D eigenvalue weighted by Gasteiger charge is 2.41. The lowest BCUT2D eigenvalue weighted by molar-refractivity contribution is -0.148. The monoisotopic (exact) mass is 420 g/mol. The van der Waals surface area contributed by atoms with Gasteiger partial charge in [-0.25, -0.2) is 22.3 Å². The van der Waals surface area contributed by atoms with Gasteiger partial charge < -0.3 is 10.1 Å². The first-order chi connectivity index (χ1) is 13.1. The van der Waals surface area contributed by atoms with Gasteiger partial charge >= 0.3 is 12.3 Å². The van der Waals surface area contributed by atoms with Gasteiger partial charge in [0.1, 0.15) is 5.75 Å². The van der Waals surface area contributed by atoms with E-state index >= 15 is 0 Å². The Morgan fingerprint density at radius 1 is 1.07 bits per heavy atom. The largest absolute Gasteiger partial charge is 0.487 e. The molecule has 2 aromatic rings. The molecule has 0 aromatic heterocycles. The number of hydrogen-bond donors (Lipinski definition) is 2. The first-order valence-corrected chi connectivity index (χ1v) is 9.83. The Hall–Kier alpha value is -2.17. The molecule has 2 rings (SSSR count). The van der Waals surface area contributed by atoms with Crippen molar-refractivity contribution in [1.29, 1.82) is 0 Å². The minimum Gasteiger partial charge on any atom is -0.487 e. The third kappa shape index (κ3) is 6.77. The van der Waals surface area contributed by atoms with Crippen molar-refractivity contribution in [3.05, 3.63) is 59.7 Å². The maximum atomic E-state index is 12.9. The van der Waals surface area contributed by atoms with E-state index in [1.807, 2.05) is 0 Å². The van der Waals surface area contributed by atoms with Crippen molar-refractivity contribution in [2.24, 2.45) is 5.14 Å². The standard InChI is InChI=1S/C18H20F4N2O3S/c19-17(20)18(21,22)12-27-15-3-1-2-14(10-15)11-24-9-8-13-4-6-16(7-5-13)28(23,25)26/h1-7,10,17,24H,8-9,11-12H2,(H2,23,25,26). The zero-order valence-corrected chi connectivity index (χ0v) is 15.6. The third-order valence-electron chi connectivity index (χ3n) is 3.82. The summed E-state index contributed by atoms with van der Waals surface area (Å²) in [5.74, 6) is -4.12. The minimum atomic E-state index is -4.20. The van der Waals surface area contributed by atoms with Crippen LogP contribution in [-0.2, 0) is 23.0 Å². The van der Waals surface area contributed by atoms with Crippen molar-refractivity contribution < 1.29 is 30.7 Å². The van der Waals surface area contributed by atoms with Crippen molar-refractivity contribution in [2.45, 2.75) is 30.2 Å². The molecule has 0 saturated carbocycles. The Bertz CT molecular complexity index is 875. The predicted octanol–water partition coefficient (Wildman–Crippen LogP) is 2.95. The second-order valence-corrected chi connectivity index (χ2v) is 7.67. The van der Waals surface area contributed by atoms with Gasteiger partial charge in [0, 0.05) is 6.54 Å². The second-order valence-electron chi connectivity index (χ2n) is 6.11. The summed E-state index contributed by atoms with van der Waals surface area (Å²) in [5, 5.41) is 8.18. The Balaban J connectivity index is 1.80. The van der Waals surface area contributed by atoms with Crippen LogP contribution < -0.4 is 15.2 Å². The number of benzene rings is 2. The van der Waals surface area contributed by atoms with Crippen LogP contribution in [0.15, 0.2) is 53.4 Å². The molecule has 0 fully saturated rings. The van der Waals surface area contributed by atoms with Gasteiger partial charge in [-0.1, -0.05) is 24.3 Å². The zero-order chi connectivity index (χ0) is 20.8. The van der Waals surface area contributed by atoms with Gasteiger partial charge in [0.05, 0.1) is 4.90 Å². The van der Waals surface area contributed by atoms with Gasteiger partial charge in [0.15, 0.2) is 6.61 Å².